The molecule has 2 rings (SSSR count). The molecule has 0 aliphatic carbocycles. The number of methoxy groups -OCH3 is 1. The number of carbonyl (C=O) groups is 4. The van der Waals surface area contributed by atoms with E-state index >= 15 is 0 Å². The number of aliphatic hydroxyl groups excluding tert-OH is 1. The first-order valence-electron chi connectivity index (χ1n) is 9.19. The number of nitrogens with one attached hydrogen (secondary N) is 2. The Morgan fingerprint density at radius 1 is 1.24 bits per heavy atom. The largest absolute Gasteiger partial charge is 0.467 e. The third kappa shape index (κ3) is 6.46. The lowest BCUT2D eigenvalue weighted by Gasteiger charge is -2.25. The first-order chi connectivity index (χ1) is 14.0. The van der Waals surface area contributed by atoms with Gasteiger partial charge in [-0.05, 0) is 18.4 Å². The molecule has 0 radical (unpaired) electrons. The van der Waals surface area contributed by atoms with E-state index in [4.69, 9.17) is 4.74 Å². The highest BCUT2D eigenvalue weighted by Gasteiger charge is 2.35. The first kappa shape index (κ1) is 22.2. The van der Waals surface area contributed by atoms with Crippen LogP contribution in [-0.2, 0) is 30.5 Å². The Labute approximate surface area is 168 Å². The maximum Gasteiger partial charge on any atom is 0.407 e. The van der Waals surface area contributed by atoms with Gasteiger partial charge in [0.15, 0.2) is 6.04 Å². The third-order valence-electron chi connectivity index (χ3n) is 4.46. The number of amides is 3. The molecule has 0 saturated carbocycles. The van der Waals surface area contributed by atoms with Gasteiger partial charge in [0.25, 0.3) is 0 Å². The molecule has 158 valence electrons. The summed E-state index contributed by atoms with van der Waals surface area (Å²) < 4.78 is 9.55. The summed E-state index contributed by atoms with van der Waals surface area (Å²) in [6, 6.07) is 7.11. The van der Waals surface area contributed by atoms with Gasteiger partial charge in [-0.1, -0.05) is 30.3 Å². The number of hydrogen-bond donors (Lipinski definition) is 3. The predicted molar refractivity (Wildman–Crippen MR) is 100 cm³/mol. The van der Waals surface area contributed by atoms with Crippen molar-refractivity contribution in [1.29, 1.82) is 0 Å². The summed E-state index contributed by atoms with van der Waals surface area (Å²) in [4.78, 5) is 49.5. The number of aliphatic hydroxyl groups is 1. The minimum Gasteiger partial charge on any atom is -0.467 e. The Bertz CT molecular complexity index is 726. The lowest BCUT2D eigenvalue weighted by Crippen LogP contribution is -2.53. The molecule has 3 amide bonds. The van der Waals surface area contributed by atoms with E-state index in [9.17, 15) is 24.3 Å². The van der Waals surface area contributed by atoms with Gasteiger partial charge in [0.1, 0.15) is 19.2 Å². The number of alkyl carbamates (subject to hydrolysis) is 1. The molecule has 1 aromatic rings. The highest BCUT2D eigenvalue weighted by molar-refractivity contribution is 5.92. The van der Waals surface area contributed by atoms with Crippen molar-refractivity contribution < 1.29 is 33.8 Å². The van der Waals surface area contributed by atoms with E-state index in [0.29, 0.717) is 19.4 Å². The SMILES string of the molecule is COC(=O)[C@H](CO)NC(=O)[C@@H]1CCCN1C(=O)CNC(=O)OCc1ccccc1. The van der Waals surface area contributed by atoms with Gasteiger partial charge >= 0.3 is 12.1 Å². The summed E-state index contributed by atoms with van der Waals surface area (Å²) in [6.45, 7) is -0.517. The monoisotopic (exact) mass is 407 g/mol. The summed E-state index contributed by atoms with van der Waals surface area (Å²) in [5.41, 5.74) is 0.814. The zero-order chi connectivity index (χ0) is 21.2. The maximum atomic E-state index is 12.4. The van der Waals surface area contributed by atoms with E-state index in [0.717, 1.165) is 12.7 Å². The molecule has 1 heterocycles. The minimum absolute atomic E-state index is 0.0751. The summed E-state index contributed by atoms with van der Waals surface area (Å²) in [5, 5.41) is 14.0. The van der Waals surface area contributed by atoms with Crippen molar-refractivity contribution in [3.8, 4) is 0 Å². The summed E-state index contributed by atoms with van der Waals surface area (Å²) in [7, 11) is 1.14. The molecule has 10 nitrogen and oxygen atoms in total. The van der Waals surface area contributed by atoms with Crippen molar-refractivity contribution in [3.05, 3.63) is 35.9 Å². The van der Waals surface area contributed by atoms with E-state index < -0.39 is 42.6 Å². The highest BCUT2D eigenvalue weighted by Crippen LogP contribution is 2.17. The van der Waals surface area contributed by atoms with Crippen LogP contribution in [0.1, 0.15) is 18.4 Å². The molecule has 2 atom stereocenters. The average Bonchev–Trinajstić information content (AvgIpc) is 3.24. The van der Waals surface area contributed by atoms with Crippen LogP contribution in [0.25, 0.3) is 0 Å². The van der Waals surface area contributed by atoms with E-state index in [1.165, 1.54) is 4.90 Å². The van der Waals surface area contributed by atoms with Crippen molar-refractivity contribution in [2.45, 2.75) is 31.5 Å². The van der Waals surface area contributed by atoms with Crippen LogP contribution in [0.2, 0.25) is 0 Å². The number of benzene rings is 1. The summed E-state index contributed by atoms with van der Waals surface area (Å²) >= 11 is 0. The van der Waals surface area contributed by atoms with Gasteiger partial charge in [0.05, 0.1) is 13.7 Å². The summed E-state index contributed by atoms with van der Waals surface area (Å²) in [6.07, 6.45) is 0.271. The fourth-order valence-corrected chi connectivity index (χ4v) is 2.95. The van der Waals surface area contributed by atoms with Crippen LogP contribution in [0.4, 0.5) is 4.79 Å². The molecular weight excluding hydrogens is 382 g/mol. The summed E-state index contributed by atoms with van der Waals surface area (Å²) in [5.74, 6) is -1.79. The van der Waals surface area contributed by atoms with Crippen LogP contribution >= 0.6 is 0 Å². The predicted octanol–water partition coefficient (Wildman–Crippen LogP) is -0.446. The molecule has 0 spiro atoms. The number of carbonyl (C=O) groups excluding carboxylic acids is 4. The van der Waals surface area contributed by atoms with E-state index in [1.54, 1.807) is 12.1 Å². The zero-order valence-electron chi connectivity index (χ0n) is 16.1. The van der Waals surface area contributed by atoms with Crippen LogP contribution < -0.4 is 10.6 Å². The van der Waals surface area contributed by atoms with Gasteiger partial charge in [0, 0.05) is 6.54 Å². The van der Waals surface area contributed by atoms with Crippen molar-refractivity contribution >= 4 is 23.9 Å². The molecule has 1 aromatic carbocycles. The molecule has 1 aliphatic heterocycles. The molecule has 1 saturated heterocycles. The molecular formula is C19H25N3O7. The van der Waals surface area contributed by atoms with Crippen LogP contribution in [0, 0.1) is 0 Å². The maximum absolute atomic E-state index is 12.4. The second-order valence-electron chi connectivity index (χ2n) is 6.43. The standard InChI is InChI=1S/C19H25N3O7/c1-28-18(26)14(11-23)21-17(25)15-8-5-9-22(15)16(24)10-20-19(27)29-12-13-6-3-2-4-7-13/h2-4,6-7,14-15,23H,5,8-12H2,1H3,(H,20,27)(H,21,25)/t14-,15-/m0/s1. The second-order valence-corrected chi connectivity index (χ2v) is 6.43. The van der Waals surface area contributed by atoms with E-state index in [1.807, 2.05) is 18.2 Å². The third-order valence-corrected chi connectivity index (χ3v) is 4.46. The molecule has 3 N–H and O–H groups in total. The lowest BCUT2D eigenvalue weighted by molar-refractivity contribution is -0.147. The van der Waals surface area contributed by atoms with E-state index in [2.05, 4.69) is 15.4 Å². The van der Waals surface area contributed by atoms with Gasteiger partial charge in [-0.2, -0.15) is 0 Å². The van der Waals surface area contributed by atoms with Gasteiger partial charge in [0.2, 0.25) is 11.8 Å². The number of rotatable bonds is 8. The molecule has 1 fully saturated rings. The zero-order valence-corrected chi connectivity index (χ0v) is 16.1. The molecule has 29 heavy (non-hydrogen) atoms. The number of ether oxygens (including phenoxy) is 2. The van der Waals surface area contributed by atoms with Gasteiger partial charge in [-0.15, -0.1) is 0 Å². The van der Waals surface area contributed by atoms with Crippen molar-refractivity contribution in [3.63, 3.8) is 0 Å². The Balaban J connectivity index is 1.81. The fourth-order valence-electron chi connectivity index (χ4n) is 2.95. The van der Waals surface area contributed by atoms with Crippen molar-refractivity contribution in [1.82, 2.24) is 15.5 Å². The van der Waals surface area contributed by atoms with Crippen molar-refractivity contribution in [2.75, 3.05) is 26.8 Å². The number of nitrogens with zero attached hydrogens (tertiary/aromatic N) is 1. The van der Waals surface area contributed by atoms with E-state index in [-0.39, 0.29) is 13.2 Å². The first-order valence-corrected chi connectivity index (χ1v) is 9.19. The van der Waals surface area contributed by atoms with Crippen LogP contribution in [0.15, 0.2) is 30.3 Å². The van der Waals surface area contributed by atoms with Crippen LogP contribution in [0.3, 0.4) is 0 Å². The topological polar surface area (TPSA) is 134 Å². The molecule has 0 unspecified atom stereocenters. The minimum atomic E-state index is -1.20. The van der Waals surface area contributed by atoms with Gasteiger partial charge in [-0.3, -0.25) is 9.59 Å². The molecule has 10 heteroatoms. The van der Waals surface area contributed by atoms with Gasteiger partial charge in [-0.25, -0.2) is 9.59 Å². The Morgan fingerprint density at radius 3 is 2.62 bits per heavy atom. The number of likely N-dealkylation sites (tertiary alicyclic amines) is 1. The smallest absolute Gasteiger partial charge is 0.407 e. The lowest BCUT2D eigenvalue weighted by atomic mass is 10.2. The Morgan fingerprint density at radius 2 is 1.97 bits per heavy atom. The number of esters is 1. The van der Waals surface area contributed by atoms with Gasteiger partial charge < -0.3 is 30.1 Å². The van der Waals surface area contributed by atoms with Crippen molar-refractivity contribution in [2.24, 2.45) is 0 Å². The molecule has 0 aromatic heterocycles. The second kappa shape index (κ2) is 11.0. The fraction of sp³-hybridized carbons (Fsp3) is 0.474. The van der Waals surface area contributed by atoms with Crippen LogP contribution in [0.5, 0.6) is 0 Å². The quantitative estimate of drug-likeness (QED) is 0.497. The Hall–Kier alpha value is -3.14. The normalized spacial score (nSPS) is 16.6. The molecule has 0 bridgehead atoms. The van der Waals surface area contributed by atoms with Crippen LogP contribution in [-0.4, -0.2) is 72.8 Å². The Kier molecular flexibility index (Phi) is 8.41. The number of hydrogen-bond acceptors (Lipinski definition) is 7. The highest BCUT2D eigenvalue weighted by atomic mass is 16.5. The molecule has 1 aliphatic rings. The average molecular weight is 407 g/mol.